The molecule has 1 saturated heterocycles. The van der Waals surface area contributed by atoms with Gasteiger partial charge in [-0.25, -0.2) is 4.98 Å². The molecule has 0 amide bonds. The number of anilines is 1. The fraction of sp³-hybridized carbons (Fsp3) is 0.545. The van der Waals surface area contributed by atoms with Gasteiger partial charge in [-0.1, -0.05) is 6.92 Å². The average molecular weight is 322 g/mol. The molecule has 1 aliphatic rings. The van der Waals surface area contributed by atoms with E-state index in [1.807, 2.05) is 18.0 Å². The van der Waals surface area contributed by atoms with Gasteiger partial charge < -0.3 is 4.90 Å². The predicted octanol–water partition coefficient (Wildman–Crippen LogP) is 3.52. The molecule has 1 fully saturated rings. The predicted molar refractivity (Wildman–Crippen MR) is 75.6 cm³/mol. The van der Waals surface area contributed by atoms with E-state index in [4.69, 9.17) is 11.6 Å². The lowest BCUT2D eigenvalue weighted by molar-refractivity contribution is 0.766. The number of aromatic nitrogens is 1. The second kappa shape index (κ2) is 5.61. The highest BCUT2D eigenvalue weighted by atomic mass is 79.9. The summed E-state index contributed by atoms with van der Waals surface area (Å²) >= 11 is 11.4. The maximum Gasteiger partial charge on any atom is 0.133 e. The van der Waals surface area contributed by atoms with Crippen molar-refractivity contribution >= 4 is 45.1 Å². The molecule has 1 aliphatic heterocycles. The van der Waals surface area contributed by atoms with E-state index < -0.39 is 0 Å². The van der Waals surface area contributed by atoms with Gasteiger partial charge in [0, 0.05) is 40.3 Å². The van der Waals surface area contributed by atoms with Gasteiger partial charge in [-0.2, -0.15) is 11.8 Å². The van der Waals surface area contributed by atoms with Gasteiger partial charge in [-0.05, 0) is 22.0 Å². The molecule has 2 nitrogen and oxygen atoms in total. The molecule has 5 heteroatoms. The van der Waals surface area contributed by atoms with Crippen molar-refractivity contribution in [1.29, 1.82) is 0 Å². The van der Waals surface area contributed by atoms with Crippen LogP contribution in [0.25, 0.3) is 0 Å². The van der Waals surface area contributed by atoms with Gasteiger partial charge in [0.2, 0.25) is 0 Å². The molecule has 0 bridgehead atoms. The van der Waals surface area contributed by atoms with Gasteiger partial charge in [0.25, 0.3) is 0 Å². The summed E-state index contributed by atoms with van der Waals surface area (Å²) in [5.74, 6) is 2.73. The first-order valence-electron chi connectivity index (χ1n) is 5.27. The van der Waals surface area contributed by atoms with Crippen LogP contribution in [0, 0.1) is 0 Å². The topological polar surface area (TPSA) is 16.1 Å². The summed E-state index contributed by atoms with van der Waals surface area (Å²) in [5.41, 5.74) is 1.11. The van der Waals surface area contributed by atoms with Crippen LogP contribution in [0.1, 0.15) is 12.5 Å². The summed E-state index contributed by atoms with van der Waals surface area (Å²) in [6.07, 6.45) is 1.85. The number of thioether (sulfide) groups is 1. The van der Waals surface area contributed by atoms with Crippen molar-refractivity contribution in [3.63, 3.8) is 0 Å². The van der Waals surface area contributed by atoms with Crippen molar-refractivity contribution in [2.24, 2.45) is 0 Å². The molecule has 1 aromatic heterocycles. The molecule has 0 aromatic carbocycles. The summed E-state index contributed by atoms with van der Waals surface area (Å²) < 4.78 is 0.992. The molecule has 16 heavy (non-hydrogen) atoms. The Bertz CT molecular complexity index is 375. The van der Waals surface area contributed by atoms with Gasteiger partial charge in [0.15, 0.2) is 0 Å². The number of hydrogen-bond acceptors (Lipinski definition) is 3. The van der Waals surface area contributed by atoms with Crippen LogP contribution in [0.4, 0.5) is 5.82 Å². The minimum Gasteiger partial charge on any atom is -0.354 e. The highest BCUT2D eigenvalue weighted by Gasteiger charge is 2.20. The van der Waals surface area contributed by atoms with Crippen LogP contribution >= 0.6 is 39.3 Å². The van der Waals surface area contributed by atoms with Crippen LogP contribution in [0.15, 0.2) is 16.7 Å². The second-order valence-electron chi connectivity index (χ2n) is 3.90. The average Bonchev–Trinajstić information content (AvgIpc) is 2.28. The SMILES string of the molecule is CC1CN(c2ncc(Br)cc2CCl)CCS1. The molecule has 1 atom stereocenters. The monoisotopic (exact) mass is 320 g/mol. The highest BCUT2D eigenvalue weighted by molar-refractivity contribution is 9.10. The van der Waals surface area contributed by atoms with Gasteiger partial charge in [-0.15, -0.1) is 11.6 Å². The first kappa shape index (κ1) is 12.5. The van der Waals surface area contributed by atoms with E-state index >= 15 is 0 Å². The lowest BCUT2D eigenvalue weighted by atomic mass is 10.2. The Hall–Kier alpha value is 0.0700. The highest BCUT2D eigenvalue weighted by Crippen LogP contribution is 2.27. The summed E-state index contributed by atoms with van der Waals surface area (Å²) in [6, 6.07) is 2.06. The molecule has 0 radical (unpaired) electrons. The van der Waals surface area contributed by atoms with Crippen LogP contribution in [-0.4, -0.2) is 29.1 Å². The first-order valence-corrected chi connectivity index (χ1v) is 7.65. The standard InChI is InChI=1S/C11H14BrClN2S/c1-8-7-15(2-3-16-8)11-9(5-13)4-10(12)6-14-11/h4,6,8H,2-3,5,7H2,1H3. The lowest BCUT2D eigenvalue weighted by Crippen LogP contribution is -2.37. The molecule has 2 heterocycles. The molecule has 0 N–H and O–H groups in total. The summed E-state index contributed by atoms with van der Waals surface area (Å²) in [5, 5.41) is 0.669. The fourth-order valence-electron chi connectivity index (χ4n) is 1.87. The Morgan fingerprint density at radius 1 is 1.69 bits per heavy atom. The summed E-state index contributed by atoms with van der Waals surface area (Å²) in [6.45, 7) is 4.38. The maximum absolute atomic E-state index is 5.97. The van der Waals surface area contributed by atoms with E-state index in [2.05, 4.69) is 38.8 Å². The van der Waals surface area contributed by atoms with Crippen molar-refractivity contribution in [2.75, 3.05) is 23.7 Å². The number of nitrogens with zero attached hydrogens (tertiary/aromatic N) is 2. The Morgan fingerprint density at radius 2 is 2.50 bits per heavy atom. The van der Waals surface area contributed by atoms with E-state index in [0.29, 0.717) is 11.1 Å². The summed E-state index contributed by atoms with van der Waals surface area (Å²) in [4.78, 5) is 6.83. The molecule has 88 valence electrons. The molecule has 0 saturated carbocycles. The van der Waals surface area contributed by atoms with Crippen LogP contribution in [0.3, 0.4) is 0 Å². The first-order chi connectivity index (χ1) is 7.70. The molecule has 2 rings (SSSR count). The third-order valence-corrected chi connectivity index (χ3v) is 4.45. The third kappa shape index (κ3) is 2.84. The van der Waals surface area contributed by atoms with Gasteiger partial charge >= 0.3 is 0 Å². The Kier molecular flexibility index (Phi) is 4.39. The number of halogens is 2. The van der Waals surface area contributed by atoms with E-state index in [9.17, 15) is 0 Å². The van der Waals surface area contributed by atoms with Crippen LogP contribution in [0.5, 0.6) is 0 Å². The molecule has 0 spiro atoms. The number of hydrogen-bond donors (Lipinski definition) is 0. The number of rotatable bonds is 2. The minimum atomic E-state index is 0.514. The van der Waals surface area contributed by atoms with Crippen LogP contribution in [-0.2, 0) is 5.88 Å². The largest absolute Gasteiger partial charge is 0.354 e. The van der Waals surface area contributed by atoms with E-state index in [1.54, 1.807) is 0 Å². The number of pyridine rings is 1. The van der Waals surface area contributed by atoms with Crippen LogP contribution < -0.4 is 4.90 Å². The van der Waals surface area contributed by atoms with Gasteiger partial charge in [-0.3, -0.25) is 0 Å². The maximum atomic E-state index is 5.97. The Balaban J connectivity index is 2.24. The molecular formula is C11H14BrClN2S. The molecule has 1 aromatic rings. The van der Waals surface area contributed by atoms with Crippen molar-refractivity contribution in [3.8, 4) is 0 Å². The lowest BCUT2D eigenvalue weighted by Gasteiger charge is -2.32. The van der Waals surface area contributed by atoms with Crippen molar-refractivity contribution in [1.82, 2.24) is 4.98 Å². The van der Waals surface area contributed by atoms with Crippen LogP contribution in [0.2, 0.25) is 0 Å². The zero-order valence-corrected chi connectivity index (χ0v) is 12.3. The van der Waals surface area contributed by atoms with E-state index in [-0.39, 0.29) is 0 Å². The zero-order chi connectivity index (χ0) is 11.5. The molecule has 0 aliphatic carbocycles. The molecular weight excluding hydrogens is 308 g/mol. The fourth-order valence-corrected chi connectivity index (χ4v) is 3.46. The van der Waals surface area contributed by atoms with Gasteiger partial charge in [0.1, 0.15) is 5.82 Å². The van der Waals surface area contributed by atoms with Gasteiger partial charge in [0.05, 0.1) is 5.88 Å². The van der Waals surface area contributed by atoms with Crippen molar-refractivity contribution in [2.45, 2.75) is 18.1 Å². The Labute approximate surface area is 114 Å². The van der Waals surface area contributed by atoms with Crippen molar-refractivity contribution in [3.05, 3.63) is 22.3 Å². The smallest absolute Gasteiger partial charge is 0.133 e. The van der Waals surface area contributed by atoms with E-state index in [1.165, 1.54) is 5.75 Å². The molecule has 1 unspecified atom stereocenters. The summed E-state index contributed by atoms with van der Waals surface area (Å²) in [7, 11) is 0. The van der Waals surface area contributed by atoms with E-state index in [0.717, 1.165) is 28.9 Å². The Morgan fingerprint density at radius 3 is 3.19 bits per heavy atom. The zero-order valence-electron chi connectivity index (χ0n) is 9.12. The third-order valence-electron chi connectivity index (χ3n) is 2.59. The minimum absolute atomic E-state index is 0.514. The number of alkyl halides is 1. The quantitative estimate of drug-likeness (QED) is 0.775. The normalized spacial score (nSPS) is 21.2. The van der Waals surface area contributed by atoms with Crippen molar-refractivity contribution < 1.29 is 0 Å². The second-order valence-corrected chi connectivity index (χ2v) is 6.63.